The van der Waals surface area contributed by atoms with E-state index in [4.69, 9.17) is 4.74 Å². The molecule has 2 aromatic heterocycles. The van der Waals surface area contributed by atoms with E-state index in [0.29, 0.717) is 11.6 Å². The first-order chi connectivity index (χ1) is 12.1. The minimum Gasteiger partial charge on any atom is -0.481 e. The lowest BCUT2D eigenvalue weighted by atomic mass is 10.2. The van der Waals surface area contributed by atoms with Crippen LogP contribution >= 0.6 is 11.3 Å². The first-order valence-electron chi connectivity index (χ1n) is 7.57. The van der Waals surface area contributed by atoms with Crippen LogP contribution in [0, 0.1) is 6.92 Å². The molecule has 0 saturated carbocycles. The van der Waals surface area contributed by atoms with Gasteiger partial charge in [0.2, 0.25) is 17.7 Å². The van der Waals surface area contributed by atoms with Crippen LogP contribution in [0.3, 0.4) is 0 Å². The quantitative estimate of drug-likeness (QED) is 0.661. The van der Waals surface area contributed by atoms with E-state index in [0.717, 1.165) is 10.6 Å². The maximum atomic E-state index is 12.0. The standard InChI is InChI=1S/C17H17N5O2S/c1-11-3-5-12(6-4-11)16-19-13(10-25-16)9-14(23)21-22-17-18-8-7-15(20-17)24-2/h3-8,10H,9H2,1-2H3,(H,21,23)(H,18,20,22). The number of amides is 1. The van der Waals surface area contributed by atoms with Gasteiger partial charge in [0.25, 0.3) is 0 Å². The molecule has 0 aliphatic carbocycles. The fourth-order valence-corrected chi connectivity index (χ4v) is 2.89. The van der Waals surface area contributed by atoms with Gasteiger partial charge in [-0.05, 0) is 6.92 Å². The van der Waals surface area contributed by atoms with Crippen molar-refractivity contribution in [3.63, 3.8) is 0 Å². The third-order valence-electron chi connectivity index (χ3n) is 3.34. The summed E-state index contributed by atoms with van der Waals surface area (Å²) in [4.78, 5) is 24.6. The molecule has 0 fully saturated rings. The summed E-state index contributed by atoms with van der Waals surface area (Å²) >= 11 is 1.52. The molecule has 3 aromatic rings. The van der Waals surface area contributed by atoms with Crippen LogP contribution in [0.5, 0.6) is 5.88 Å². The zero-order valence-corrected chi connectivity index (χ0v) is 14.6. The highest BCUT2D eigenvalue weighted by molar-refractivity contribution is 7.13. The van der Waals surface area contributed by atoms with Crippen molar-refractivity contribution >= 4 is 23.2 Å². The average molecular weight is 355 g/mol. The molecule has 0 aliphatic heterocycles. The summed E-state index contributed by atoms with van der Waals surface area (Å²) in [5, 5.41) is 2.78. The highest BCUT2D eigenvalue weighted by atomic mass is 32.1. The van der Waals surface area contributed by atoms with E-state index in [1.807, 2.05) is 36.6 Å². The molecule has 0 unspecified atom stereocenters. The molecule has 128 valence electrons. The number of ether oxygens (including phenoxy) is 1. The fraction of sp³-hybridized carbons (Fsp3) is 0.176. The van der Waals surface area contributed by atoms with Crippen LogP contribution in [0.15, 0.2) is 41.9 Å². The van der Waals surface area contributed by atoms with Crippen LogP contribution in [0.2, 0.25) is 0 Å². The number of carbonyl (C=O) groups is 1. The zero-order valence-electron chi connectivity index (χ0n) is 13.8. The maximum absolute atomic E-state index is 12.0. The lowest BCUT2D eigenvalue weighted by Crippen LogP contribution is -2.31. The second-order valence-electron chi connectivity index (χ2n) is 5.28. The molecular weight excluding hydrogens is 338 g/mol. The molecule has 0 radical (unpaired) electrons. The summed E-state index contributed by atoms with van der Waals surface area (Å²) < 4.78 is 5.00. The van der Waals surface area contributed by atoms with E-state index in [1.54, 1.807) is 6.07 Å². The van der Waals surface area contributed by atoms with E-state index in [2.05, 4.69) is 25.8 Å². The molecule has 0 atom stereocenters. The second kappa shape index (κ2) is 7.71. The Morgan fingerprint density at radius 1 is 1.20 bits per heavy atom. The molecule has 0 bridgehead atoms. The second-order valence-corrected chi connectivity index (χ2v) is 6.14. The van der Waals surface area contributed by atoms with Crippen molar-refractivity contribution in [1.82, 2.24) is 20.4 Å². The molecule has 25 heavy (non-hydrogen) atoms. The van der Waals surface area contributed by atoms with Crippen molar-refractivity contribution in [3.05, 3.63) is 53.2 Å². The summed E-state index contributed by atoms with van der Waals surface area (Å²) in [6.45, 7) is 2.04. The van der Waals surface area contributed by atoms with Gasteiger partial charge in [0.1, 0.15) is 5.01 Å². The fourth-order valence-electron chi connectivity index (χ4n) is 2.07. The molecule has 2 heterocycles. The van der Waals surface area contributed by atoms with Gasteiger partial charge in [-0.25, -0.2) is 9.97 Å². The number of aryl methyl sites for hydroxylation is 1. The normalized spacial score (nSPS) is 10.3. The van der Waals surface area contributed by atoms with Gasteiger partial charge in [0, 0.05) is 23.2 Å². The Kier molecular flexibility index (Phi) is 5.20. The van der Waals surface area contributed by atoms with Gasteiger partial charge in [0.05, 0.1) is 19.2 Å². The van der Waals surface area contributed by atoms with Crippen molar-refractivity contribution in [1.29, 1.82) is 0 Å². The number of hydrazine groups is 1. The molecule has 3 rings (SSSR count). The monoisotopic (exact) mass is 355 g/mol. The molecular formula is C17H17N5O2S. The lowest BCUT2D eigenvalue weighted by Gasteiger charge is -2.06. The van der Waals surface area contributed by atoms with E-state index in [-0.39, 0.29) is 18.3 Å². The van der Waals surface area contributed by atoms with Gasteiger partial charge in [0.15, 0.2) is 0 Å². The number of nitrogens with one attached hydrogen (secondary N) is 2. The lowest BCUT2D eigenvalue weighted by molar-refractivity contribution is -0.120. The number of carbonyl (C=O) groups excluding carboxylic acids is 1. The Labute approximate surface area is 149 Å². The van der Waals surface area contributed by atoms with E-state index >= 15 is 0 Å². The van der Waals surface area contributed by atoms with Crippen molar-refractivity contribution in [3.8, 4) is 16.5 Å². The van der Waals surface area contributed by atoms with Gasteiger partial charge in [-0.2, -0.15) is 4.98 Å². The van der Waals surface area contributed by atoms with Crippen LogP contribution in [0.25, 0.3) is 10.6 Å². The third kappa shape index (κ3) is 4.51. The van der Waals surface area contributed by atoms with Crippen molar-refractivity contribution in [2.24, 2.45) is 0 Å². The number of hydrogen-bond donors (Lipinski definition) is 2. The number of anilines is 1. The van der Waals surface area contributed by atoms with Gasteiger partial charge in [-0.1, -0.05) is 29.8 Å². The van der Waals surface area contributed by atoms with Gasteiger partial charge in [-0.15, -0.1) is 11.3 Å². The zero-order chi connectivity index (χ0) is 17.6. The van der Waals surface area contributed by atoms with Crippen LogP contribution in [-0.4, -0.2) is 28.0 Å². The van der Waals surface area contributed by atoms with Gasteiger partial charge < -0.3 is 4.74 Å². The molecule has 0 saturated heterocycles. The van der Waals surface area contributed by atoms with Gasteiger partial charge >= 0.3 is 0 Å². The Balaban J connectivity index is 1.57. The number of aromatic nitrogens is 3. The summed E-state index contributed by atoms with van der Waals surface area (Å²) in [6.07, 6.45) is 1.70. The molecule has 2 N–H and O–H groups in total. The molecule has 1 amide bonds. The smallest absolute Gasteiger partial charge is 0.245 e. The minimum absolute atomic E-state index is 0.166. The van der Waals surface area contributed by atoms with Crippen LogP contribution in [0.1, 0.15) is 11.3 Å². The Morgan fingerprint density at radius 3 is 2.76 bits per heavy atom. The molecule has 0 aliphatic rings. The maximum Gasteiger partial charge on any atom is 0.245 e. The van der Waals surface area contributed by atoms with Crippen molar-refractivity contribution in [2.45, 2.75) is 13.3 Å². The molecule has 0 spiro atoms. The van der Waals surface area contributed by atoms with E-state index in [1.165, 1.54) is 30.2 Å². The highest BCUT2D eigenvalue weighted by Gasteiger charge is 2.09. The van der Waals surface area contributed by atoms with E-state index in [9.17, 15) is 4.79 Å². The molecule has 8 heteroatoms. The average Bonchev–Trinajstić information content (AvgIpc) is 3.09. The Morgan fingerprint density at radius 2 is 2.00 bits per heavy atom. The highest BCUT2D eigenvalue weighted by Crippen LogP contribution is 2.24. The number of thiazole rings is 1. The predicted octanol–water partition coefficient (Wildman–Crippen LogP) is 2.60. The number of benzene rings is 1. The molecule has 7 nitrogen and oxygen atoms in total. The first-order valence-corrected chi connectivity index (χ1v) is 8.45. The van der Waals surface area contributed by atoms with E-state index < -0.39 is 0 Å². The predicted molar refractivity (Wildman–Crippen MR) is 96.3 cm³/mol. The van der Waals surface area contributed by atoms with Gasteiger partial charge in [-0.3, -0.25) is 15.6 Å². The SMILES string of the molecule is COc1ccnc(NNC(=O)Cc2csc(-c3ccc(C)cc3)n2)n1. The van der Waals surface area contributed by atoms with Crippen LogP contribution < -0.4 is 15.6 Å². The third-order valence-corrected chi connectivity index (χ3v) is 4.29. The Hall–Kier alpha value is -3.00. The number of nitrogens with zero attached hydrogens (tertiary/aromatic N) is 3. The topological polar surface area (TPSA) is 89.0 Å². The Bertz CT molecular complexity index is 863. The summed E-state index contributed by atoms with van der Waals surface area (Å²) in [7, 11) is 1.51. The van der Waals surface area contributed by atoms with Crippen LogP contribution in [0.4, 0.5) is 5.95 Å². The number of methoxy groups -OCH3 is 1. The minimum atomic E-state index is -0.229. The summed E-state index contributed by atoms with van der Waals surface area (Å²) in [5.74, 6) is 0.437. The van der Waals surface area contributed by atoms with Crippen molar-refractivity contribution < 1.29 is 9.53 Å². The number of rotatable bonds is 6. The van der Waals surface area contributed by atoms with Crippen LogP contribution in [-0.2, 0) is 11.2 Å². The summed E-state index contributed by atoms with van der Waals surface area (Å²) in [6, 6.07) is 9.76. The molecule has 1 aromatic carbocycles. The number of hydrogen-bond acceptors (Lipinski definition) is 7. The summed E-state index contributed by atoms with van der Waals surface area (Å²) in [5.41, 5.74) is 8.17. The van der Waals surface area contributed by atoms with Crippen molar-refractivity contribution in [2.75, 3.05) is 12.5 Å². The largest absolute Gasteiger partial charge is 0.481 e. The first kappa shape index (κ1) is 16.8.